The molecule has 0 saturated carbocycles. The van der Waals surface area contributed by atoms with Crippen LogP contribution in [0.15, 0.2) is 0 Å². The van der Waals surface area contributed by atoms with Gasteiger partial charge in [-0.1, -0.05) is 0 Å². The van der Waals surface area contributed by atoms with Crippen molar-refractivity contribution < 1.29 is 19.6 Å². The van der Waals surface area contributed by atoms with Crippen molar-refractivity contribution in [2.24, 2.45) is 0 Å². The SMILES string of the molecule is Cc1[nH]nc(C(=O)NC(C)C(=O)O)c1[N+](=O)[O-]. The van der Waals surface area contributed by atoms with Crippen molar-refractivity contribution in [3.63, 3.8) is 0 Å². The van der Waals surface area contributed by atoms with E-state index in [1.807, 2.05) is 0 Å². The van der Waals surface area contributed by atoms with Crippen LogP contribution in [-0.2, 0) is 4.79 Å². The monoisotopic (exact) mass is 242 g/mol. The highest BCUT2D eigenvalue weighted by Crippen LogP contribution is 2.19. The molecular weight excluding hydrogens is 232 g/mol. The van der Waals surface area contributed by atoms with Crippen LogP contribution in [0, 0.1) is 17.0 Å². The second kappa shape index (κ2) is 4.60. The van der Waals surface area contributed by atoms with Crippen molar-refractivity contribution in [1.82, 2.24) is 15.5 Å². The maximum atomic E-state index is 11.5. The van der Waals surface area contributed by atoms with Crippen LogP contribution in [0.5, 0.6) is 0 Å². The van der Waals surface area contributed by atoms with Gasteiger partial charge in [0.1, 0.15) is 11.7 Å². The van der Waals surface area contributed by atoms with Crippen LogP contribution in [0.1, 0.15) is 23.1 Å². The summed E-state index contributed by atoms with van der Waals surface area (Å²) >= 11 is 0. The number of carboxylic acid groups (broad SMARTS) is 1. The number of nitrogens with zero attached hydrogens (tertiary/aromatic N) is 2. The van der Waals surface area contributed by atoms with Gasteiger partial charge < -0.3 is 10.4 Å². The molecule has 9 heteroatoms. The first kappa shape index (κ1) is 12.6. The summed E-state index contributed by atoms with van der Waals surface area (Å²) in [4.78, 5) is 32.0. The number of aliphatic carboxylic acids is 1. The molecular formula is C8H10N4O5. The summed E-state index contributed by atoms with van der Waals surface area (Å²) in [7, 11) is 0. The van der Waals surface area contributed by atoms with E-state index < -0.39 is 34.2 Å². The fourth-order valence-corrected chi connectivity index (χ4v) is 1.13. The number of aromatic amines is 1. The fraction of sp³-hybridized carbons (Fsp3) is 0.375. The predicted octanol–water partition coefficient (Wildman–Crippen LogP) is -0.171. The van der Waals surface area contributed by atoms with Crippen LogP contribution < -0.4 is 5.32 Å². The number of carbonyl (C=O) groups is 2. The van der Waals surface area contributed by atoms with E-state index in [9.17, 15) is 19.7 Å². The van der Waals surface area contributed by atoms with Crippen LogP contribution in [0.2, 0.25) is 0 Å². The second-order valence-electron chi connectivity index (χ2n) is 3.34. The maximum Gasteiger partial charge on any atom is 0.325 e. The molecule has 0 spiro atoms. The molecule has 0 fully saturated rings. The lowest BCUT2D eigenvalue weighted by Gasteiger charge is -2.06. The number of rotatable bonds is 4. The average molecular weight is 242 g/mol. The molecule has 3 N–H and O–H groups in total. The van der Waals surface area contributed by atoms with E-state index in [4.69, 9.17) is 5.11 Å². The highest BCUT2D eigenvalue weighted by Gasteiger charge is 2.28. The van der Waals surface area contributed by atoms with Crippen molar-refractivity contribution in [3.8, 4) is 0 Å². The number of aromatic nitrogens is 2. The number of hydrogen-bond acceptors (Lipinski definition) is 5. The molecule has 0 aliphatic heterocycles. The van der Waals surface area contributed by atoms with Gasteiger partial charge in [-0.2, -0.15) is 5.10 Å². The minimum Gasteiger partial charge on any atom is -0.480 e. The van der Waals surface area contributed by atoms with E-state index in [1.54, 1.807) is 0 Å². The van der Waals surface area contributed by atoms with Gasteiger partial charge in [0.25, 0.3) is 5.91 Å². The van der Waals surface area contributed by atoms with Gasteiger partial charge in [-0.3, -0.25) is 24.8 Å². The molecule has 0 radical (unpaired) electrons. The zero-order valence-electron chi connectivity index (χ0n) is 9.05. The zero-order chi connectivity index (χ0) is 13.2. The maximum absolute atomic E-state index is 11.5. The van der Waals surface area contributed by atoms with Gasteiger partial charge in [-0.15, -0.1) is 0 Å². The van der Waals surface area contributed by atoms with E-state index in [1.165, 1.54) is 13.8 Å². The standard InChI is InChI=1S/C8H10N4O5/c1-3-6(12(16)17)5(11-10-3)7(13)9-4(2)8(14)15/h4H,1-2H3,(H,9,13)(H,10,11)(H,14,15). The summed E-state index contributed by atoms with van der Waals surface area (Å²) in [6.45, 7) is 2.63. The van der Waals surface area contributed by atoms with E-state index in [-0.39, 0.29) is 5.69 Å². The van der Waals surface area contributed by atoms with Gasteiger partial charge in [0.15, 0.2) is 0 Å². The molecule has 1 aromatic heterocycles. The summed E-state index contributed by atoms with van der Waals surface area (Å²) < 4.78 is 0. The van der Waals surface area contributed by atoms with Gasteiger partial charge in [-0.25, -0.2) is 0 Å². The minimum absolute atomic E-state index is 0.128. The normalized spacial score (nSPS) is 11.9. The second-order valence-corrected chi connectivity index (χ2v) is 3.34. The molecule has 9 nitrogen and oxygen atoms in total. The van der Waals surface area contributed by atoms with Gasteiger partial charge >= 0.3 is 11.7 Å². The van der Waals surface area contributed by atoms with E-state index in [2.05, 4.69) is 15.5 Å². The number of nitro groups is 1. The Bertz CT molecular complexity index is 480. The highest BCUT2D eigenvalue weighted by atomic mass is 16.6. The number of carboxylic acids is 1. The Morgan fingerprint density at radius 2 is 2.18 bits per heavy atom. The Balaban J connectivity index is 2.97. The first-order valence-corrected chi connectivity index (χ1v) is 4.57. The van der Waals surface area contributed by atoms with Crippen LogP contribution in [0.25, 0.3) is 0 Å². The van der Waals surface area contributed by atoms with Crippen LogP contribution in [0.3, 0.4) is 0 Å². The fourth-order valence-electron chi connectivity index (χ4n) is 1.13. The highest BCUT2D eigenvalue weighted by molar-refractivity contribution is 5.98. The van der Waals surface area contributed by atoms with Crippen molar-refractivity contribution >= 4 is 17.6 Å². The van der Waals surface area contributed by atoms with Crippen LogP contribution >= 0.6 is 0 Å². The topological polar surface area (TPSA) is 138 Å². The van der Waals surface area contributed by atoms with E-state index in [0.717, 1.165) is 0 Å². The van der Waals surface area contributed by atoms with Crippen LogP contribution in [-0.4, -0.2) is 38.1 Å². The molecule has 0 aromatic carbocycles. The Morgan fingerprint density at radius 3 is 2.65 bits per heavy atom. The largest absolute Gasteiger partial charge is 0.480 e. The molecule has 17 heavy (non-hydrogen) atoms. The first-order valence-electron chi connectivity index (χ1n) is 4.57. The number of carbonyl (C=O) groups excluding carboxylic acids is 1. The minimum atomic E-state index is -1.24. The van der Waals surface area contributed by atoms with Crippen molar-refractivity contribution in [2.75, 3.05) is 0 Å². The summed E-state index contributed by atoms with van der Waals surface area (Å²) in [5.74, 6) is -2.15. The lowest BCUT2D eigenvalue weighted by molar-refractivity contribution is -0.385. The summed E-state index contributed by atoms with van der Waals surface area (Å²) in [6.07, 6.45) is 0. The van der Waals surface area contributed by atoms with E-state index in [0.29, 0.717) is 0 Å². The summed E-state index contributed by atoms with van der Waals surface area (Å²) in [6, 6.07) is -1.15. The smallest absolute Gasteiger partial charge is 0.325 e. The van der Waals surface area contributed by atoms with Crippen molar-refractivity contribution in [2.45, 2.75) is 19.9 Å². The molecule has 1 aromatic rings. The zero-order valence-corrected chi connectivity index (χ0v) is 9.05. The van der Waals surface area contributed by atoms with Crippen molar-refractivity contribution in [1.29, 1.82) is 0 Å². The number of H-pyrrole nitrogens is 1. The summed E-state index contributed by atoms with van der Waals surface area (Å²) in [5.41, 5.74) is -0.760. The van der Waals surface area contributed by atoms with Gasteiger partial charge in [0.2, 0.25) is 5.69 Å². The lowest BCUT2D eigenvalue weighted by atomic mass is 10.2. The number of amides is 1. The molecule has 0 bridgehead atoms. The lowest BCUT2D eigenvalue weighted by Crippen LogP contribution is -2.38. The molecule has 92 valence electrons. The van der Waals surface area contributed by atoms with Gasteiger partial charge in [0, 0.05) is 0 Å². The van der Waals surface area contributed by atoms with Gasteiger partial charge in [-0.05, 0) is 13.8 Å². The first-order chi connectivity index (χ1) is 7.84. The Kier molecular flexibility index (Phi) is 3.41. The summed E-state index contributed by atoms with van der Waals surface area (Å²) in [5, 5.41) is 27.1. The third-order valence-corrected chi connectivity index (χ3v) is 2.03. The molecule has 1 unspecified atom stereocenters. The molecule has 0 saturated heterocycles. The third-order valence-electron chi connectivity index (χ3n) is 2.03. The van der Waals surface area contributed by atoms with Crippen molar-refractivity contribution in [3.05, 3.63) is 21.5 Å². The molecule has 0 aliphatic carbocycles. The van der Waals surface area contributed by atoms with E-state index >= 15 is 0 Å². The molecule has 1 amide bonds. The number of nitrogens with one attached hydrogen (secondary N) is 2. The average Bonchev–Trinajstić information content (AvgIpc) is 2.59. The molecule has 1 atom stereocenters. The molecule has 1 rings (SSSR count). The van der Waals surface area contributed by atoms with Crippen LogP contribution in [0.4, 0.5) is 5.69 Å². The number of hydrogen-bond donors (Lipinski definition) is 3. The third kappa shape index (κ3) is 2.56. The number of aryl methyl sites for hydroxylation is 1. The Labute approximate surface area is 95.0 Å². The Hall–Kier alpha value is -2.45. The van der Waals surface area contributed by atoms with Gasteiger partial charge in [0.05, 0.1) is 4.92 Å². The quantitative estimate of drug-likeness (QED) is 0.494. The molecule has 0 aliphatic rings. The Morgan fingerprint density at radius 1 is 1.59 bits per heavy atom. The molecule has 1 heterocycles. The predicted molar refractivity (Wildman–Crippen MR) is 54.5 cm³/mol.